The molecule has 0 aromatic carbocycles. The van der Waals surface area contributed by atoms with Crippen molar-refractivity contribution in [2.45, 2.75) is 32.7 Å². The number of carbonyl (C=O) groups excluding carboxylic acids is 2. The molecule has 1 amide bonds. The fourth-order valence-corrected chi connectivity index (χ4v) is 2.26. The van der Waals surface area contributed by atoms with E-state index in [1.54, 1.807) is 26.0 Å². The van der Waals surface area contributed by atoms with Gasteiger partial charge in [-0.05, 0) is 18.8 Å². The number of carboxylic acids is 1. The zero-order valence-corrected chi connectivity index (χ0v) is 12.0. The lowest BCUT2D eigenvalue weighted by Gasteiger charge is -2.27. The lowest BCUT2D eigenvalue weighted by molar-refractivity contribution is -0.149. The van der Waals surface area contributed by atoms with Crippen LogP contribution in [0, 0.1) is 17.8 Å². The second-order valence-corrected chi connectivity index (χ2v) is 5.25. The van der Waals surface area contributed by atoms with Gasteiger partial charge in [0.2, 0.25) is 5.91 Å². The van der Waals surface area contributed by atoms with E-state index in [4.69, 9.17) is 5.11 Å². The number of allylic oxidation sites excluding steroid dienone is 2. The summed E-state index contributed by atoms with van der Waals surface area (Å²) >= 11 is 0. The highest BCUT2D eigenvalue weighted by molar-refractivity contribution is 5.89. The molecule has 20 heavy (non-hydrogen) atoms. The Morgan fingerprint density at radius 3 is 2.20 bits per heavy atom. The predicted molar refractivity (Wildman–Crippen MR) is 71.8 cm³/mol. The minimum Gasteiger partial charge on any atom is -0.481 e. The molecule has 6 heteroatoms. The average Bonchev–Trinajstić information content (AvgIpc) is 2.43. The molecule has 1 rings (SSSR count). The summed E-state index contributed by atoms with van der Waals surface area (Å²) in [6.45, 7) is 3.58. The summed E-state index contributed by atoms with van der Waals surface area (Å²) in [5.41, 5.74) is 0. The normalized spacial score (nSPS) is 23.2. The molecule has 0 aromatic heterocycles. The largest absolute Gasteiger partial charge is 0.481 e. The molecular weight excluding hydrogens is 262 g/mol. The second kappa shape index (κ2) is 7.07. The van der Waals surface area contributed by atoms with Gasteiger partial charge in [-0.3, -0.25) is 9.59 Å². The Kier molecular flexibility index (Phi) is 5.73. The number of ether oxygens (including phenoxy) is 1. The maximum atomic E-state index is 12.2. The number of carbonyl (C=O) groups is 3. The van der Waals surface area contributed by atoms with Crippen LogP contribution in [-0.2, 0) is 19.1 Å². The summed E-state index contributed by atoms with van der Waals surface area (Å²) in [5, 5.41) is 11.8. The molecule has 0 heterocycles. The van der Waals surface area contributed by atoms with Crippen molar-refractivity contribution in [2.75, 3.05) is 7.11 Å². The van der Waals surface area contributed by atoms with Crippen molar-refractivity contribution in [2.24, 2.45) is 17.8 Å². The van der Waals surface area contributed by atoms with Crippen LogP contribution >= 0.6 is 0 Å². The predicted octanol–water partition coefficient (Wildman–Crippen LogP) is 0.967. The van der Waals surface area contributed by atoms with Crippen LogP contribution in [0.2, 0.25) is 0 Å². The smallest absolute Gasteiger partial charge is 0.328 e. The van der Waals surface area contributed by atoms with E-state index in [0.717, 1.165) is 0 Å². The summed E-state index contributed by atoms with van der Waals surface area (Å²) in [6, 6.07) is -0.757. The van der Waals surface area contributed by atoms with Gasteiger partial charge in [-0.1, -0.05) is 26.0 Å². The molecule has 6 nitrogen and oxygen atoms in total. The molecule has 3 atom stereocenters. The van der Waals surface area contributed by atoms with Gasteiger partial charge in [0.1, 0.15) is 6.04 Å². The van der Waals surface area contributed by atoms with E-state index in [-0.39, 0.29) is 5.92 Å². The maximum absolute atomic E-state index is 12.2. The Hall–Kier alpha value is -1.85. The van der Waals surface area contributed by atoms with E-state index < -0.39 is 35.7 Å². The van der Waals surface area contributed by atoms with Crippen LogP contribution < -0.4 is 5.32 Å². The van der Waals surface area contributed by atoms with Gasteiger partial charge >= 0.3 is 11.9 Å². The molecule has 0 radical (unpaired) electrons. The number of hydrogen-bond acceptors (Lipinski definition) is 4. The number of hydrogen-bond donors (Lipinski definition) is 2. The molecule has 0 saturated heterocycles. The Balaban J connectivity index is 2.79. The van der Waals surface area contributed by atoms with E-state index in [1.165, 1.54) is 7.11 Å². The zero-order valence-electron chi connectivity index (χ0n) is 12.0. The van der Waals surface area contributed by atoms with Crippen LogP contribution in [0.3, 0.4) is 0 Å². The van der Waals surface area contributed by atoms with E-state index in [1.807, 2.05) is 0 Å². The SMILES string of the molecule is COC(=O)[C@@H](NC(=O)C1CC=CCC1C(=O)O)C(C)C. The summed E-state index contributed by atoms with van der Waals surface area (Å²) in [6.07, 6.45) is 4.27. The van der Waals surface area contributed by atoms with Gasteiger partial charge in [0.15, 0.2) is 0 Å². The third kappa shape index (κ3) is 3.82. The van der Waals surface area contributed by atoms with Crippen molar-refractivity contribution in [3.05, 3.63) is 12.2 Å². The number of methoxy groups -OCH3 is 1. The van der Waals surface area contributed by atoms with Crippen molar-refractivity contribution < 1.29 is 24.2 Å². The van der Waals surface area contributed by atoms with Crippen molar-refractivity contribution in [1.29, 1.82) is 0 Å². The molecule has 112 valence electrons. The first-order chi connectivity index (χ1) is 9.38. The Labute approximate surface area is 118 Å². The number of aliphatic carboxylic acids is 1. The molecule has 2 N–H and O–H groups in total. The maximum Gasteiger partial charge on any atom is 0.328 e. The lowest BCUT2D eigenvalue weighted by Crippen LogP contribution is -2.49. The number of rotatable bonds is 5. The van der Waals surface area contributed by atoms with E-state index >= 15 is 0 Å². The van der Waals surface area contributed by atoms with E-state index in [2.05, 4.69) is 10.1 Å². The zero-order chi connectivity index (χ0) is 15.3. The minimum atomic E-state index is -0.992. The molecule has 0 bridgehead atoms. The van der Waals surface area contributed by atoms with Gasteiger partial charge in [-0.25, -0.2) is 4.79 Å². The first-order valence-electron chi connectivity index (χ1n) is 6.64. The van der Waals surface area contributed by atoms with Crippen molar-refractivity contribution in [1.82, 2.24) is 5.32 Å². The molecule has 0 spiro atoms. The van der Waals surface area contributed by atoms with Crippen molar-refractivity contribution in [3.8, 4) is 0 Å². The molecular formula is C14H21NO5. The molecule has 2 unspecified atom stereocenters. The molecule has 0 fully saturated rings. The van der Waals surface area contributed by atoms with E-state index in [0.29, 0.717) is 12.8 Å². The summed E-state index contributed by atoms with van der Waals surface area (Å²) in [4.78, 5) is 35.0. The highest BCUT2D eigenvalue weighted by Gasteiger charge is 2.36. The van der Waals surface area contributed by atoms with Crippen molar-refractivity contribution >= 4 is 17.8 Å². The van der Waals surface area contributed by atoms with Crippen LogP contribution in [0.4, 0.5) is 0 Å². The Bertz CT molecular complexity index is 416. The highest BCUT2D eigenvalue weighted by atomic mass is 16.5. The summed E-state index contributed by atoms with van der Waals surface area (Å²) in [5.74, 6) is -3.45. The minimum absolute atomic E-state index is 0.131. The third-order valence-corrected chi connectivity index (χ3v) is 3.51. The first kappa shape index (κ1) is 16.2. The van der Waals surface area contributed by atoms with Crippen LogP contribution in [-0.4, -0.2) is 36.1 Å². The fraction of sp³-hybridized carbons (Fsp3) is 0.643. The molecule has 0 aromatic rings. The Morgan fingerprint density at radius 1 is 1.20 bits per heavy atom. The van der Waals surface area contributed by atoms with Gasteiger partial charge in [0.25, 0.3) is 0 Å². The summed E-state index contributed by atoms with van der Waals surface area (Å²) < 4.78 is 4.65. The lowest BCUT2D eigenvalue weighted by atomic mass is 9.82. The van der Waals surface area contributed by atoms with Gasteiger partial charge in [0, 0.05) is 0 Å². The number of nitrogens with one attached hydrogen (secondary N) is 1. The molecule has 0 aliphatic heterocycles. The highest BCUT2D eigenvalue weighted by Crippen LogP contribution is 2.26. The average molecular weight is 283 g/mol. The van der Waals surface area contributed by atoms with Gasteiger partial charge < -0.3 is 15.2 Å². The number of esters is 1. The molecule has 1 aliphatic rings. The quantitative estimate of drug-likeness (QED) is 0.579. The van der Waals surface area contributed by atoms with Crippen LogP contribution in [0.15, 0.2) is 12.2 Å². The van der Waals surface area contributed by atoms with Gasteiger partial charge in [0.05, 0.1) is 18.9 Å². The number of amides is 1. The van der Waals surface area contributed by atoms with Crippen molar-refractivity contribution in [3.63, 3.8) is 0 Å². The van der Waals surface area contributed by atoms with Crippen LogP contribution in [0.25, 0.3) is 0 Å². The third-order valence-electron chi connectivity index (χ3n) is 3.51. The molecule has 1 aliphatic carbocycles. The fourth-order valence-electron chi connectivity index (χ4n) is 2.26. The molecule has 0 saturated carbocycles. The van der Waals surface area contributed by atoms with Crippen LogP contribution in [0.5, 0.6) is 0 Å². The number of carboxylic acid groups (broad SMARTS) is 1. The topological polar surface area (TPSA) is 92.7 Å². The Morgan fingerprint density at radius 2 is 1.75 bits per heavy atom. The van der Waals surface area contributed by atoms with Gasteiger partial charge in [-0.2, -0.15) is 0 Å². The van der Waals surface area contributed by atoms with Gasteiger partial charge in [-0.15, -0.1) is 0 Å². The second-order valence-electron chi connectivity index (χ2n) is 5.25. The van der Waals surface area contributed by atoms with Crippen LogP contribution in [0.1, 0.15) is 26.7 Å². The summed E-state index contributed by atoms with van der Waals surface area (Å²) in [7, 11) is 1.26. The monoisotopic (exact) mass is 283 g/mol. The van der Waals surface area contributed by atoms with E-state index in [9.17, 15) is 14.4 Å². The first-order valence-corrected chi connectivity index (χ1v) is 6.64. The standard InChI is InChI=1S/C14H21NO5/c1-8(2)11(14(19)20-3)15-12(16)9-6-4-5-7-10(9)13(17)18/h4-5,8-11H,6-7H2,1-3H3,(H,15,16)(H,17,18)/t9?,10?,11-/m0/s1.